The normalized spacial score (nSPS) is 14.8. The van der Waals surface area contributed by atoms with Crippen molar-refractivity contribution in [3.63, 3.8) is 0 Å². The zero-order valence-corrected chi connectivity index (χ0v) is 15.3. The maximum Gasteiger partial charge on any atom is 0.253 e. The van der Waals surface area contributed by atoms with Crippen LogP contribution in [0.25, 0.3) is 0 Å². The van der Waals surface area contributed by atoms with Gasteiger partial charge in [-0.05, 0) is 31.9 Å². The van der Waals surface area contributed by atoms with Crippen LogP contribution in [0.2, 0.25) is 0 Å². The highest BCUT2D eigenvalue weighted by Crippen LogP contribution is 2.19. The van der Waals surface area contributed by atoms with Gasteiger partial charge in [0, 0.05) is 61.7 Å². The van der Waals surface area contributed by atoms with Gasteiger partial charge in [-0.25, -0.2) is 4.98 Å². The Kier molecular flexibility index (Phi) is 5.95. The van der Waals surface area contributed by atoms with Gasteiger partial charge < -0.3 is 15.2 Å². The van der Waals surface area contributed by atoms with Gasteiger partial charge in [0.1, 0.15) is 5.82 Å². The number of amides is 2. The van der Waals surface area contributed by atoms with Crippen LogP contribution in [0.15, 0.2) is 35.4 Å². The Bertz CT molecular complexity index is 857. The fraction of sp³-hybridized carbons (Fsp3) is 0.421. The molecule has 142 valence electrons. The van der Waals surface area contributed by atoms with E-state index >= 15 is 0 Å². The topological polar surface area (TPSA) is 108 Å². The highest BCUT2D eigenvalue weighted by atomic mass is 16.2. The lowest BCUT2D eigenvalue weighted by Gasteiger charge is -2.31. The van der Waals surface area contributed by atoms with Gasteiger partial charge >= 0.3 is 0 Å². The number of pyridine rings is 1. The molecule has 1 aliphatic heterocycles. The molecule has 2 aromatic rings. The monoisotopic (exact) mass is 369 g/mol. The summed E-state index contributed by atoms with van der Waals surface area (Å²) in [6, 6.07) is 4.83. The minimum absolute atomic E-state index is 0.0130. The molecule has 8 heteroatoms. The van der Waals surface area contributed by atoms with E-state index in [1.54, 1.807) is 36.4 Å². The first-order chi connectivity index (χ1) is 13.0. The van der Waals surface area contributed by atoms with E-state index in [2.05, 4.69) is 20.3 Å². The first-order valence-electron chi connectivity index (χ1n) is 9.07. The van der Waals surface area contributed by atoms with E-state index in [0.717, 1.165) is 0 Å². The number of piperidine rings is 1. The third-order valence-corrected chi connectivity index (χ3v) is 4.66. The summed E-state index contributed by atoms with van der Waals surface area (Å²) in [4.78, 5) is 48.8. The van der Waals surface area contributed by atoms with Crippen molar-refractivity contribution < 1.29 is 9.59 Å². The number of nitrogens with one attached hydrogen (secondary N) is 2. The van der Waals surface area contributed by atoms with Gasteiger partial charge in [0.05, 0.1) is 0 Å². The molecule has 0 radical (unpaired) electrons. The predicted molar refractivity (Wildman–Crippen MR) is 99.2 cm³/mol. The molecule has 0 unspecified atom stereocenters. The smallest absolute Gasteiger partial charge is 0.253 e. The molecule has 27 heavy (non-hydrogen) atoms. The van der Waals surface area contributed by atoms with Gasteiger partial charge in [-0.2, -0.15) is 0 Å². The molecule has 0 spiro atoms. The van der Waals surface area contributed by atoms with Crippen LogP contribution in [0.5, 0.6) is 0 Å². The van der Waals surface area contributed by atoms with E-state index in [1.165, 1.54) is 6.07 Å². The summed E-state index contributed by atoms with van der Waals surface area (Å²) in [5, 5.41) is 2.90. The standard InChI is InChI=1S/C19H23N5O3/c1-13-12-17(25)23-16(22-13)4-9-21-18(26)14-5-10-24(11-6-14)19(27)15-2-7-20-8-3-15/h2-3,7-8,12,14H,4-6,9-11H2,1H3,(H,21,26)(H,22,23,25). The van der Waals surface area contributed by atoms with Crippen molar-refractivity contribution in [1.82, 2.24) is 25.2 Å². The molecule has 1 fully saturated rings. The van der Waals surface area contributed by atoms with E-state index in [-0.39, 0.29) is 23.3 Å². The van der Waals surface area contributed by atoms with Crippen LogP contribution in [-0.4, -0.2) is 51.3 Å². The van der Waals surface area contributed by atoms with Crippen molar-refractivity contribution in [3.05, 3.63) is 58.0 Å². The molecule has 2 aromatic heterocycles. The lowest BCUT2D eigenvalue weighted by Crippen LogP contribution is -2.43. The summed E-state index contributed by atoms with van der Waals surface area (Å²) >= 11 is 0. The molecule has 3 heterocycles. The number of rotatable bonds is 5. The summed E-state index contributed by atoms with van der Waals surface area (Å²) in [7, 11) is 0. The lowest BCUT2D eigenvalue weighted by molar-refractivity contribution is -0.126. The van der Waals surface area contributed by atoms with Gasteiger partial charge in [-0.1, -0.05) is 0 Å². The molecule has 2 amide bonds. The molecule has 1 aliphatic rings. The van der Waals surface area contributed by atoms with Gasteiger partial charge in [0.2, 0.25) is 5.91 Å². The van der Waals surface area contributed by atoms with Crippen molar-refractivity contribution in [1.29, 1.82) is 0 Å². The fourth-order valence-corrected chi connectivity index (χ4v) is 3.23. The number of carbonyl (C=O) groups is 2. The van der Waals surface area contributed by atoms with Crippen LogP contribution in [0.3, 0.4) is 0 Å². The molecule has 0 aliphatic carbocycles. The van der Waals surface area contributed by atoms with E-state index in [1.807, 2.05) is 0 Å². The van der Waals surface area contributed by atoms with E-state index in [9.17, 15) is 14.4 Å². The molecular formula is C19H23N5O3. The number of likely N-dealkylation sites (tertiary alicyclic amines) is 1. The summed E-state index contributed by atoms with van der Waals surface area (Å²) in [6.45, 7) is 3.30. The number of aromatic amines is 1. The number of carbonyl (C=O) groups excluding carboxylic acids is 2. The molecule has 0 atom stereocenters. The van der Waals surface area contributed by atoms with Crippen LogP contribution in [-0.2, 0) is 11.2 Å². The van der Waals surface area contributed by atoms with E-state index < -0.39 is 0 Å². The number of hydrogen-bond acceptors (Lipinski definition) is 5. The Balaban J connectivity index is 1.44. The number of H-pyrrole nitrogens is 1. The number of nitrogens with zero attached hydrogens (tertiary/aromatic N) is 3. The third-order valence-electron chi connectivity index (χ3n) is 4.66. The summed E-state index contributed by atoms with van der Waals surface area (Å²) in [5.41, 5.74) is 1.09. The molecule has 0 saturated carbocycles. The van der Waals surface area contributed by atoms with Crippen molar-refractivity contribution in [2.24, 2.45) is 5.92 Å². The molecule has 8 nitrogen and oxygen atoms in total. The van der Waals surface area contributed by atoms with E-state index in [0.29, 0.717) is 56.0 Å². The largest absolute Gasteiger partial charge is 0.355 e. The van der Waals surface area contributed by atoms with Crippen molar-refractivity contribution >= 4 is 11.8 Å². The molecule has 1 saturated heterocycles. The van der Waals surface area contributed by atoms with Crippen LogP contribution >= 0.6 is 0 Å². The van der Waals surface area contributed by atoms with Gasteiger partial charge in [0.25, 0.3) is 11.5 Å². The minimum atomic E-state index is -0.185. The average Bonchev–Trinajstić information content (AvgIpc) is 2.67. The molecule has 2 N–H and O–H groups in total. The predicted octanol–water partition coefficient (Wildman–Crippen LogP) is 0.684. The summed E-state index contributed by atoms with van der Waals surface area (Å²) in [5.74, 6) is 0.431. The Morgan fingerprint density at radius 2 is 1.96 bits per heavy atom. The number of aryl methyl sites for hydroxylation is 1. The Hall–Kier alpha value is -3.03. The summed E-state index contributed by atoms with van der Waals surface area (Å²) < 4.78 is 0. The maximum absolute atomic E-state index is 12.4. The summed E-state index contributed by atoms with van der Waals surface area (Å²) in [6.07, 6.45) is 4.96. The zero-order chi connectivity index (χ0) is 19.2. The number of aromatic nitrogens is 3. The highest BCUT2D eigenvalue weighted by molar-refractivity contribution is 5.94. The van der Waals surface area contributed by atoms with Crippen molar-refractivity contribution in [2.45, 2.75) is 26.2 Å². The van der Waals surface area contributed by atoms with Crippen LogP contribution in [0.1, 0.15) is 34.7 Å². The quantitative estimate of drug-likeness (QED) is 0.806. The molecule has 0 aromatic carbocycles. The first kappa shape index (κ1) is 18.8. The average molecular weight is 369 g/mol. The Labute approximate surface area is 157 Å². The molecule has 0 bridgehead atoms. The molecular weight excluding hydrogens is 346 g/mol. The third kappa shape index (κ3) is 4.99. The fourth-order valence-electron chi connectivity index (χ4n) is 3.23. The molecule has 3 rings (SSSR count). The SMILES string of the molecule is Cc1cc(=O)[nH]c(CCNC(=O)C2CCN(C(=O)c3ccncc3)CC2)n1. The van der Waals surface area contributed by atoms with E-state index in [4.69, 9.17) is 0 Å². The first-order valence-corrected chi connectivity index (χ1v) is 9.07. The second kappa shape index (κ2) is 8.57. The van der Waals surface area contributed by atoms with Crippen LogP contribution in [0.4, 0.5) is 0 Å². The van der Waals surface area contributed by atoms with Crippen molar-refractivity contribution in [3.8, 4) is 0 Å². The second-order valence-electron chi connectivity index (χ2n) is 6.68. The second-order valence-corrected chi connectivity index (χ2v) is 6.68. The zero-order valence-electron chi connectivity index (χ0n) is 15.3. The van der Waals surface area contributed by atoms with Gasteiger partial charge in [0.15, 0.2) is 0 Å². The van der Waals surface area contributed by atoms with Crippen LogP contribution < -0.4 is 10.9 Å². The van der Waals surface area contributed by atoms with Gasteiger partial charge in [-0.15, -0.1) is 0 Å². The van der Waals surface area contributed by atoms with Crippen LogP contribution in [0, 0.1) is 12.8 Å². The Morgan fingerprint density at radius 3 is 2.63 bits per heavy atom. The van der Waals surface area contributed by atoms with Gasteiger partial charge in [-0.3, -0.25) is 19.4 Å². The lowest BCUT2D eigenvalue weighted by atomic mass is 9.95. The number of hydrogen-bond donors (Lipinski definition) is 2. The maximum atomic E-state index is 12.4. The van der Waals surface area contributed by atoms with Crippen molar-refractivity contribution in [2.75, 3.05) is 19.6 Å². The Morgan fingerprint density at radius 1 is 1.26 bits per heavy atom. The minimum Gasteiger partial charge on any atom is -0.355 e. The highest BCUT2D eigenvalue weighted by Gasteiger charge is 2.27.